The average molecular weight is 295 g/mol. The van der Waals surface area contributed by atoms with E-state index in [9.17, 15) is 10.2 Å². The molecule has 0 aliphatic carbocycles. The predicted molar refractivity (Wildman–Crippen MR) is 90.9 cm³/mol. The smallest absolute Gasteiger partial charge is 0.0558 e. The van der Waals surface area contributed by atoms with E-state index in [0.29, 0.717) is 13.1 Å². The minimum absolute atomic E-state index is 0.103. The SMILES string of the molecule is OCCN(CCO)Cc1cc2ccccc2c2ccccc12. The van der Waals surface area contributed by atoms with Gasteiger partial charge in [-0.3, -0.25) is 4.90 Å². The topological polar surface area (TPSA) is 43.7 Å². The van der Waals surface area contributed by atoms with Gasteiger partial charge in [0.05, 0.1) is 13.2 Å². The second-order valence-corrected chi connectivity index (χ2v) is 5.53. The monoisotopic (exact) mass is 295 g/mol. The molecule has 0 heterocycles. The van der Waals surface area contributed by atoms with Crippen LogP contribution in [0.4, 0.5) is 0 Å². The van der Waals surface area contributed by atoms with Crippen molar-refractivity contribution < 1.29 is 10.2 Å². The molecule has 0 spiro atoms. The number of hydrogen-bond donors (Lipinski definition) is 2. The van der Waals surface area contributed by atoms with Gasteiger partial charge >= 0.3 is 0 Å². The van der Waals surface area contributed by atoms with Crippen LogP contribution in [0.3, 0.4) is 0 Å². The van der Waals surface area contributed by atoms with Gasteiger partial charge in [-0.25, -0.2) is 0 Å². The Morgan fingerprint density at radius 1 is 0.727 bits per heavy atom. The fourth-order valence-electron chi connectivity index (χ4n) is 3.06. The number of aliphatic hydroxyl groups excluding tert-OH is 2. The Kier molecular flexibility index (Phi) is 4.68. The molecule has 0 amide bonds. The maximum absolute atomic E-state index is 9.20. The van der Waals surface area contributed by atoms with Crippen LogP contribution in [0.25, 0.3) is 21.5 Å². The Morgan fingerprint density at radius 2 is 1.32 bits per heavy atom. The van der Waals surface area contributed by atoms with Gasteiger partial charge in [-0.15, -0.1) is 0 Å². The molecule has 0 aliphatic heterocycles. The Hall–Kier alpha value is -1.94. The zero-order chi connectivity index (χ0) is 15.4. The number of rotatable bonds is 6. The molecule has 2 N–H and O–H groups in total. The number of benzene rings is 3. The van der Waals surface area contributed by atoms with Gasteiger partial charge < -0.3 is 10.2 Å². The number of nitrogens with zero attached hydrogens (tertiary/aromatic N) is 1. The van der Waals surface area contributed by atoms with E-state index in [1.807, 2.05) is 0 Å². The molecule has 3 rings (SSSR count). The van der Waals surface area contributed by atoms with Crippen LogP contribution in [0.15, 0.2) is 54.6 Å². The van der Waals surface area contributed by atoms with Crippen LogP contribution in [-0.4, -0.2) is 41.4 Å². The summed E-state index contributed by atoms with van der Waals surface area (Å²) in [4.78, 5) is 2.08. The molecule has 0 unspecified atom stereocenters. The van der Waals surface area contributed by atoms with E-state index in [-0.39, 0.29) is 13.2 Å². The lowest BCUT2D eigenvalue weighted by atomic mass is 9.97. The maximum atomic E-state index is 9.20. The molecule has 0 bridgehead atoms. The van der Waals surface area contributed by atoms with Crippen molar-refractivity contribution in [2.75, 3.05) is 26.3 Å². The summed E-state index contributed by atoms with van der Waals surface area (Å²) in [5, 5.41) is 23.4. The fourth-order valence-corrected chi connectivity index (χ4v) is 3.06. The molecule has 3 aromatic rings. The van der Waals surface area contributed by atoms with Crippen LogP contribution in [0, 0.1) is 0 Å². The Bertz CT molecular complexity index is 764. The van der Waals surface area contributed by atoms with Gasteiger partial charge in [0.1, 0.15) is 0 Å². The normalized spacial score (nSPS) is 11.6. The van der Waals surface area contributed by atoms with Crippen molar-refractivity contribution in [1.29, 1.82) is 0 Å². The molecule has 0 saturated carbocycles. The second kappa shape index (κ2) is 6.88. The highest BCUT2D eigenvalue weighted by molar-refractivity contribution is 6.08. The van der Waals surface area contributed by atoms with Gasteiger partial charge in [0.2, 0.25) is 0 Å². The van der Waals surface area contributed by atoms with Gasteiger partial charge in [-0.2, -0.15) is 0 Å². The quantitative estimate of drug-likeness (QED) is 0.687. The predicted octanol–water partition coefficient (Wildman–Crippen LogP) is 2.78. The van der Waals surface area contributed by atoms with Gasteiger partial charge in [0.15, 0.2) is 0 Å². The zero-order valence-corrected chi connectivity index (χ0v) is 12.6. The van der Waals surface area contributed by atoms with Crippen LogP contribution in [0.2, 0.25) is 0 Å². The standard InChI is InChI=1S/C19H21NO2/c21-11-9-20(10-12-22)14-16-13-15-5-1-2-6-17(15)19-8-4-3-7-18(16)19/h1-8,13,21-22H,9-12,14H2. The number of aliphatic hydroxyl groups is 2. The molecule has 114 valence electrons. The van der Waals surface area contributed by atoms with Crippen molar-refractivity contribution in [2.24, 2.45) is 0 Å². The lowest BCUT2D eigenvalue weighted by molar-refractivity contribution is 0.156. The molecule has 0 saturated heterocycles. The minimum atomic E-state index is 0.103. The summed E-state index contributed by atoms with van der Waals surface area (Å²) in [5.41, 5.74) is 1.23. The molecular formula is C19H21NO2. The second-order valence-electron chi connectivity index (χ2n) is 5.53. The summed E-state index contributed by atoms with van der Waals surface area (Å²) in [6.45, 7) is 2.08. The molecule has 0 aliphatic rings. The van der Waals surface area contributed by atoms with E-state index < -0.39 is 0 Å². The Labute approximate surface area is 130 Å². The highest BCUT2D eigenvalue weighted by atomic mass is 16.3. The van der Waals surface area contributed by atoms with Gasteiger partial charge in [0.25, 0.3) is 0 Å². The first-order valence-corrected chi connectivity index (χ1v) is 7.67. The molecule has 3 aromatic carbocycles. The molecule has 0 atom stereocenters. The highest BCUT2D eigenvalue weighted by Crippen LogP contribution is 2.29. The zero-order valence-electron chi connectivity index (χ0n) is 12.6. The van der Waals surface area contributed by atoms with E-state index in [4.69, 9.17) is 0 Å². The van der Waals surface area contributed by atoms with E-state index >= 15 is 0 Å². The van der Waals surface area contributed by atoms with Gasteiger partial charge in [-0.1, -0.05) is 48.5 Å². The Morgan fingerprint density at radius 3 is 2.00 bits per heavy atom. The first kappa shape index (κ1) is 15.0. The third-order valence-corrected chi connectivity index (χ3v) is 4.08. The lowest BCUT2D eigenvalue weighted by Crippen LogP contribution is -2.29. The summed E-state index contributed by atoms with van der Waals surface area (Å²) in [5.74, 6) is 0. The van der Waals surface area contributed by atoms with Crippen molar-refractivity contribution in [2.45, 2.75) is 6.54 Å². The van der Waals surface area contributed by atoms with Crippen LogP contribution in [0.1, 0.15) is 5.56 Å². The van der Waals surface area contributed by atoms with Crippen LogP contribution in [0.5, 0.6) is 0 Å². The summed E-state index contributed by atoms with van der Waals surface area (Å²) in [6.07, 6.45) is 0. The largest absolute Gasteiger partial charge is 0.395 e. The first-order valence-electron chi connectivity index (χ1n) is 7.67. The number of hydrogen-bond acceptors (Lipinski definition) is 3. The minimum Gasteiger partial charge on any atom is -0.395 e. The third-order valence-electron chi connectivity index (χ3n) is 4.08. The molecule has 0 aromatic heterocycles. The number of fused-ring (bicyclic) bond motifs is 3. The molecular weight excluding hydrogens is 274 g/mol. The maximum Gasteiger partial charge on any atom is 0.0558 e. The lowest BCUT2D eigenvalue weighted by Gasteiger charge is -2.21. The van der Waals surface area contributed by atoms with E-state index in [1.165, 1.54) is 27.1 Å². The third kappa shape index (κ3) is 2.97. The van der Waals surface area contributed by atoms with Crippen LogP contribution >= 0.6 is 0 Å². The first-order chi connectivity index (χ1) is 10.8. The van der Waals surface area contributed by atoms with E-state index in [0.717, 1.165) is 6.54 Å². The van der Waals surface area contributed by atoms with E-state index in [1.54, 1.807) is 0 Å². The van der Waals surface area contributed by atoms with Crippen molar-refractivity contribution in [1.82, 2.24) is 4.90 Å². The fraction of sp³-hybridized carbons (Fsp3) is 0.263. The molecule has 3 nitrogen and oxygen atoms in total. The van der Waals surface area contributed by atoms with Crippen molar-refractivity contribution in [3.05, 3.63) is 60.2 Å². The summed E-state index contributed by atoms with van der Waals surface area (Å²) in [7, 11) is 0. The molecule has 22 heavy (non-hydrogen) atoms. The van der Waals surface area contributed by atoms with Crippen molar-refractivity contribution in [3.63, 3.8) is 0 Å². The summed E-state index contributed by atoms with van der Waals surface area (Å²) < 4.78 is 0. The Balaban J connectivity index is 2.10. The molecule has 0 radical (unpaired) electrons. The van der Waals surface area contributed by atoms with Gasteiger partial charge in [0, 0.05) is 19.6 Å². The molecule has 3 heteroatoms. The summed E-state index contributed by atoms with van der Waals surface area (Å²) in [6, 6.07) is 19.1. The molecule has 0 fully saturated rings. The van der Waals surface area contributed by atoms with E-state index in [2.05, 4.69) is 59.5 Å². The highest BCUT2D eigenvalue weighted by Gasteiger charge is 2.10. The van der Waals surface area contributed by atoms with Crippen LogP contribution in [-0.2, 0) is 6.54 Å². The van der Waals surface area contributed by atoms with Crippen LogP contribution < -0.4 is 0 Å². The van der Waals surface area contributed by atoms with Crippen molar-refractivity contribution in [3.8, 4) is 0 Å². The van der Waals surface area contributed by atoms with Gasteiger partial charge in [-0.05, 0) is 33.2 Å². The average Bonchev–Trinajstić information content (AvgIpc) is 2.55. The summed E-state index contributed by atoms with van der Waals surface area (Å²) >= 11 is 0. The van der Waals surface area contributed by atoms with Crippen molar-refractivity contribution >= 4 is 21.5 Å².